The van der Waals surface area contributed by atoms with Crippen molar-refractivity contribution in [1.29, 1.82) is 0 Å². The molecule has 0 amide bonds. The first kappa shape index (κ1) is 18.3. The number of aromatic nitrogens is 2. The summed E-state index contributed by atoms with van der Waals surface area (Å²) in [7, 11) is 0. The second-order valence-corrected chi connectivity index (χ2v) is 7.42. The molecule has 0 atom stereocenters. The lowest BCUT2D eigenvalue weighted by atomic mass is 10.2. The van der Waals surface area contributed by atoms with Crippen LogP contribution in [0.4, 0.5) is 5.82 Å². The van der Waals surface area contributed by atoms with Gasteiger partial charge in [0.15, 0.2) is 5.82 Å². The van der Waals surface area contributed by atoms with Crippen LogP contribution in [0.2, 0.25) is 0 Å². The van der Waals surface area contributed by atoms with Crippen molar-refractivity contribution in [2.24, 2.45) is 0 Å². The molecule has 4 aromatic rings. The molecule has 0 bridgehead atoms. The van der Waals surface area contributed by atoms with E-state index in [0.29, 0.717) is 0 Å². The van der Waals surface area contributed by atoms with Crippen molar-refractivity contribution < 1.29 is 0 Å². The second kappa shape index (κ2) is 9.20. The fraction of sp³-hybridized carbons (Fsp3) is 0.0833. The summed E-state index contributed by atoms with van der Waals surface area (Å²) in [6, 6.07) is 32.9. The highest BCUT2D eigenvalue weighted by Gasteiger charge is 2.08. The van der Waals surface area contributed by atoms with E-state index in [1.807, 2.05) is 60.7 Å². The minimum atomic E-state index is 0.733. The smallest absolute Gasteiger partial charge is 0.161 e. The standard InChI is InChI=1S/C24H21N3S/c1-4-10-19(11-5-1)17-25-23-16-21(18-28-22-14-8-3-9-15-22)26-24(27-23)20-12-6-2-7-13-20/h1-16H,17-18H2,(H,25,26,27). The molecule has 0 aliphatic carbocycles. The van der Waals surface area contributed by atoms with Gasteiger partial charge in [-0.3, -0.25) is 0 Å². The van der Waals surface area contributed by atoms with Crippen LogP contribution in [0.1, 0.15) is 11.3 Å². The average molecular weight is 384 g/mol. The van der Waals surface area contributed by atoms with Gasteiger partial charge in [-0.25, -0.2) is 9.97 Å². The normalized spacial score (nSPS) is 10.6. The third kappa shape index (κ3) is 4.99. The van der Waals surface area contributed by atoms with Crippen molar-refractivity contribution >= 4 is 17.6 Å². The van der Waals surface area contributed by atoms with E-state index >= 15 is 0 Å². The quantitative estimate of drug-likeness (QED) is 0.394. The molecule has 0 unspecified atom stereocenters. The molecule has 0 fully saturated rings. The third-order valence-corrected chi connectivity index (χ3v) is 5.30. The number of anilines is 1. The van der Waals surface area contributed by atoms with Crippen LogP contribution in [0.5, 0.6) is 0 Å². The third-order valence-electron chi connectivity index (χ3n) is 4.26. The molecule has 0 radical (unpaired) electrons. The largest absolute Gasteiger partial charge is 0.366 e. The number of nitrogens with one attached hydrogen (secondary N) is 1. The van der Waals surface area contributed by atoms with Crippen molar-refractivity contribution in [2.45, 2.75) is 17.2 Å². The van der Waals surface area contributed by atoms with Crippen LogP contribution in [-0.4, -0.2) is 9.97 Å². The zero-order chi connectivity index (χ0) is 19.0. The van der Waals surface area contributed by atoms with E-state index < -0.39 is 0 Å². The fourth-order valence-corrected chi connectivity index (χ4v) is 3.65. The summed E-state index contributed by atoms with van der Waals surface area (Å²) in [6.07, 6.45) is 0. The molecule has 0 aliphatic rings. The van der Waals surface area contributed by atoms with Gasteiger partial charge in [-0.05, 0) is 17.7 Å². The molecule has 3 nitrogen and oxygen atoms in total. The van der Waals surface area contributed by atoms with Crippen molar-refractivity contribution in [3.05, 3.63) is 108 Å². The fourth-order valence-electron chi connectivity index (χ4n) is 2.84. The molecule has 0 spiro atoms. The van der Waals surface area contributed by atoms with Crippen LogP contribution in [0.15, 0.2) is 102 Å². The molecule has 138 valence electrons. The van der Waals surface area contributed by atoms with E-state index in [2.05, 4.69) is 41.7 Å². The summed E-state index contributed by atoms with van der Waals surface area (Å²) in [5, 5.41) is 3.45. The highest BCUT2D eigenvalue weighted by atomic mass is 32.2. The van der Waals surface area contributed by atoms with Crippen molar-refractivity contribution in [3.8, 4) is 11.4 Å². The molecule has 4 heteroatoms. The molecular weight excluding hydrogens is 362 g/mol. The maximum atomic E-state index is 4.80. The van der Waals surface area contributed by atoms with Crippen LogP contribution < -0.4 is 5.32 Å². The Kier molecular flexibility index (Phi) is 6.00. The zero-order valence-electron chi connectivity index (χ0n) is 15.5. The lowest BCUT2D eigenvalue weighted by Crippen LogP contribution is -2.04. The number of nitrogens with zero attached hydrogens (tertiary/aromatic N) is 2. The Bertz CT molecular complexity index is 944. The predicted molar refractivity (Wildman–Crippen MR) is 117 cm³/mol. The predicted octanol–water partition coefficient (Wildman–Crippen LogP) is 6.05. The first-order valence-corrected chi connectivity index (χ1v) is 10.2. The van der Waals surface area contributed by atoms with Gasteiger partial charge >= 0.3 is 0 Å². The molecule has 0 aliphatic heterocycles. The minimum absolute atomic E-state index is 0.733. The van der Waals surface area contributed by atoms with E-state index in [0.717, 1.165) is 35.2 Å². The maximum absolute atomic E-state index is 4.80. The van der Waals surface area contributed by atoms with Gasteiger partial charge in [-0.1, -0.05) is 78.9 Å². The summed E-state index contributed by atoms with van der Waals surface area (Å²) >= 11 is 1.78. The Morgan fingerprint density at radius 3 is 2.07 bits per heavy atom. The Labute approximate surface area is 169 Å². The van der Waals surface area contributed by atoms with Crippen LogP contribution in [-0.2, 0) is 12.3 Å². The zero-order valence-corrected chi connectivity index (χ0v) is 16.3. The molecule has 1 N–H and O–H groups in total. The monoisotopic (exact) mass is 383 g/mol. The second-order valence-electron chi connectivity index (χ2n) is 6.38. The molecule has 1 heterocycles. The van der Waals surface area contributed by atoms with Gasteiger partial charge in [-0.15, -0.1) is 11.8 Å². The molecule has 28 heavy (non-hydrogen) atoms. The SMILES string of the molecule is c1ccc(CNc2cc(CSc3ccccc3)nc(-c3ccccc3)n2)cc1. The number of hydrogen-bond donors (Lipinski definition) is 1. The van der Waals surface area contributed by atoms with E-state index in [-0.39, 0.29) is 0 Å². The summed E-state index contributed by atoms with van der Waals surface area (Å²) in [4.78, 5) is 10.8. The number of rotatable bonds is 7. The highest BCUT2D eigenvalue weighted by molar-refractivity contribution is 7.98. The van der Waals surface area contributed by atoms with Gasteiger partial charge in [0.2, 0.25) is 0 Å². The number of hydrogen-bond acceptors (Lipinski definition) is 4. The summed E-state index contributed by atoms with van der Waals surface area (Å²) in [5.74, 6) is 2.40. The first-order chi connectivity index (χ1) is 13.9. The average Bonchev–Trinajstić information content (AvgIpc) is 2.78. The first-order valence-electron chi connectivity index (χ1n) is 9.26. The van der Waals surface area contributed by atoms with Gasteiger partial charge in [0.05, 0.1) is 5.69 Å². The molecule has 0 saturated heterocycles. The van der Waals surface area contributed by atoms with E-state index in [1.165, 1.54) is 10.5 Å². The van der Waals surface area contributed by atoms with Gasteiger partial charge < -0.3 is 5.32 Å². The Morgan fingerprint density at radius 2 is 1.36 bits per heavy atom. The van der Waals surface area contributed by atoms with E-state index in [1.54, 1.807) is 11.8 Å². The summed E-state index contributed by atoms with van der Waals surface area (Å²) < 4.78 is 0. The topological polar surface area (TPSA) is 37.8 Å². The molecular formula is C24H21N3S. The van der Waals surface area contributed by atoms with Crippen LogP contribution in [0.25, 0.3) is 11.4 Å². The summed E-state index contributed by atoms with van der Waals surface area (Å²) in [5.41, 5.74) is 3.26. The minimum Gasteiger partial charge on any atom is -0.366 e. The van der Waals surface area contributed by atoms with Gasteiger partial charge in [0, 0.05) is 28.8 Å². The maximum Gasteiger partial charge on any atom is 0.161 e. The van der Waals surface area contributed by atoms with Crippen molar-refractivity contribution in [2.75, 3.05) is 5.32 Å². The Balaban J connectivity index is 1.57. The molecule has 1 aromatic heterocycles. The Morgan fingerprint density at radius 1 is 0.714 bits per heavy atom. The lowest BCUT2D eigenvalue weighted by Gasteiger charge is -2.11. The van der Waals surface area contributed by atoms with Gasteiger partial charge in [0.25, 0.3) is 0 Å². The van der Waals surface area contributed by atoms with Crippen molar-refractivity contribution in [3.63, 3.8) is 0 Å². The van der Waals surface area contributed by atoms with Crippen LogP contribution in [0.3, 0.4) is 0 Å². The summed E-state index contributed by atoms with van der Waals surface area (Å²) in [6.45, 7) is 0.733. The van der Waals surface area contributed by atoms with Crippen LogP contribution in [0, 0.1) is 0 Å². The van der Waals surface area contributed by atoms with Crippen LogP contribution >= 0.6 is 11.8 Å². The Hall–Kier alpha value is -3.11. The highest BCUT2D eigenvalue weighted by Crippen LogP contribution is 2.25. The van der Waals surface area contributed by atoms with Gasteiger partial charge in [0.1, 0.15) is 5.82 Å². The molecule has 3 aromatic carbocycles. The van der Waals surface area contributed by atoms with E-state index in [4.69, 9.17) is 9.97 Å². The van der Waals surface area contributed by atoms with Gasteiger partial charge in [-0.2, -0.15) is 0 Å². The lowest BCUT2D eigenvalue weighted by molar-refractivity contribution is 1.05. The number of benzene rings is 3. The van der Waals surface area contributed by atoms with Crippen molar-refractivity contribution in [1.82, 2.24) is 9.97 Å². The number of thioether (sulfide) groups is 1. The van der Waals surface area contributed by atoms with E-state index in [9.17, 15) is 0 Å². The molecule has 4 rings (SSSR count). The molecule has 0 saturated carbocycles.